The standard InChI is InChI=1S/C15H29N3O/c1-12(2)9-13(11-16)10-15(19)18-7-5-17(6-8-18)14-3-4-14/h12-14H,3-11,16H2,1-2H3/t13-/m0/s1. The van der Waals surface area contributed by atoms with Gasteiger partial charge < -0.3 is 10.6 Å². The van der Waals surface area contributed by atoms with E-state index in [2.05, 4.69) is 18.7 Å². The average Bonchev–Trinajstić information content (AvgIpc) is 3.21. The molecule has 2 fully saturated rings. The Balaban J connectivity index is 1.73. The summed E-state index contributed by atoms with van der Waals surface area (Å²) < 4.78 is 0. The minimum Gasteiger partial charge on any atom is -0.340 e. The van der Waals surface area contributed by atoms with Gasteiger partial charge in [-0.05, 0) is 37.6 Å². The number of amides is 1. The van der Waals surface area contributed by atoms with Gasteiger partial charge in [0.15, 0.2) is 0 Å². The first kappa shape index (κ1) is 14.8. The molecule has 1 heterocycles. The van der Waals surface area contributed by atoms with Crippen molar-refractivity contribution in [2.75, 3.05) is 32.7 Å². The fourth-order valence-electron chi connectivity index (χ4n) is 3.08. The maximum atomic E-state index is 12.3. The van der Waals surface area contributed by atoms with Crippen molar-refractivity contribution in [2.24, 2.45) is 17.6 Å². The minimum atomic E-state index is 0.312. The molecule has 1 aliphatic heterocycles. The monoisotopic (exact) mass is 267 g/mol. The lowest BCUT2D eigenvalue weighted by molar-refractivity contribution is -0.134. The number of nitrogens with two attached hydrogens (primary N) is 1. The number of hydrogen-bond donors (Lipinski definition) is 1. The van der Waals surface area contributed by atoms with Gasteiger partial charge in [0.1, 0.15) is 0 Å². The van der Waals surface area contributed by atoms with Crippen LogP contribution in [0.15, 0.2) is 0 Å². The van der Waals surface area contributed by atoms with Crippen molar-refractivity contribution in [1.82, 2.24) is 9.80 Å². The van der Waals surface area contributed by atoms with Gasteiger partial charge in [-0.1, -0.05) is 13.8 Å². The lowest BCUT2D eigenvalue weighted by Crippen LogP contribution is -2.49. The molecule has 1 saturated heterocycles. The van der Waals surface area contributed by atoms with Gasteiger partial charge >= 0.3 is 0 Å². The molecule has 1 atom stereocenters. The zero-order valence-electron chi connectivity index (χ0n) is 12.5. The molecule has 1 saturated carbocycles. The molecule has 0 spiro atoms. The van der Waals surface area contributed by atoms with E-state index < -0.39 is 0 Å². The number of hydrogen-bond acceptors (Lipinski definition) is 3. The van der Waals surface area contributed by atoms with E-state index in [-0.39, 0.29) is 0 Å². The van der Waals surface area contributed by atoms with Gasteiger partial charge in [0.2, 0.25) is 5.91 Å². The summed E-state index contributed by atoms with van der Waals surface area (Å²) in [5.74, 6) is 1.29. The smallest absolute Gasteiger partial charge is 0.222 e. The molecule has 1 amide bonds. The van der Waals surface area contributed by atoms with Gasteiger partial charge in [0.25, 0.3) is 0 Å². The molecule has 110 valence electrons. The van der Waals surface area contributed by atoms with Crippen LogP contribution in [-0.4, -0.2) is 54.5 Å². The quantitative estimate of drug-likeness (QED) is 0.789. The van der Waals surface area contributed by atoms with Crippen molar-refractivity contribution in [3.8, 4) is 0 Å². The highest BCUT2D eigenvalue weighted by Gasteiger charge is 2.32. The van der Waals surface area contributed by atoms with Gasteiger partial charge in [0.05, 0.1) is 0 Å². The van der Waals surface area contributed by atoms with E-state index in [1.165, 1.54) is 12.8 Å². The second-order valence-electron chi connectivity index (χ2n) is 6.58. The van der Waals surface area contributed by atoms with E-state index in [0.717, 1.165) is 38.6 Å². The van der Waals surface area contributed by atoms with Gasteiger partial charge in [-0.15, -0.1) is 0 Å². The van der Waals surface area contributed by atoms with Crippen LogP contribution in [0, 0.1) is 11.8 Å². The Morgan fingerprint density at radius 2 is 1.84 bits per heavy atom. The molecule has 0 aromatic heterocycles. The molecule has 2 rings (SSSR count). The Bertz CT molecular complexity index is 294. The first-order chi connectivity index (χ1) is 9.10. The summed E-state index contributed by atoms with van der Waals surface area (Å²) in [5, 5.41) is 0. The van der Waals surface area contributed by atoms with Crippen LogP contribution in [0.2, 0.25) is 0 Å². The van der Waals surface area contributed by atoms with Crippen LogP contribution < -0.4 is 5.73 Å². The summed E-state index contributed by atoms with van der Waals surface area (Å²) in [6.45, 7) is 8.97. The molecule has 19 heavy (non-hydrogen) atoms. The van der Waals surface area contributed by atoms with E-state index in [4.69, 9.17) is 5.73 Å². The predicted octanol–water partition coefficient (Wildman–Crippen LogP) is 1.30. The molecule has 0 bridgehead atoms. The topological polar surface area (TPSA) is 49.6 Å². The molecular weight excluding hydrogens is 238 g/mol. The zero-order chi connectivity index (χ0) is 13.8. The van der Waals surface area contributed by atoms with E-state index >= 15 is 0 Å². The Morgan fingerprint density at radius 1 is 1.21 bits per heavy atom. The molecule has 0 aromatic carbocycles. The maximum absolute atomic E-state index is 12.3. The molecule has 2 N–H and O–H groups in total. The molecule has 0 aromatic rings. The van der Waals surface area contributed by atoms with Crippen LogP contribution in [0.4, 0.5) is 0 Å². The Morgan fingerprint density at radius 3 is 2.32 bits per heavy atom. The molecule has 4 nitrogen and oxygen atoms in total. The number of carbonyl (C=O) groups is 1. The van der Waals surface area contributed by atoms with Crippen molar-refractivity contribution in [3.05, 3.63) is 0 Å². The third kappa shape index (κ3) is 4.46. The summed E-state index contributed by atoms with van der Waals surface area (Å²) >= 11 is 0. The third-order valence-electron chi connectivity index (χ3n) is 4.33. The fourth-order valence-corrected chi connectivity index (χ4v) is 3.08. The highest BCUT2D eigenvalue weighted by molar-refractivity contribution is 5.76. The zero-order valence-corrected chi connectivity index (χ0v) is 12.5. The number of carbonyl (C=O) groups excluding carboxylic acids is 1. The van der Waals surface area contributed by atoms with Crippen molar-refractivity contribution in [3.63, 3.8) is 0 Å². The number of piperazine rings is 1. The second kappa shape index (κ2) is 6.71. The van der Waals surface area contributed by atoms with Crippen LogP contribution in [-0.2, 0) is 4.79 Å². The maximum Gasteiger partial charge on any atom is 0.222 e. The highest BCUT2D eigenvalue weighted by atomic mass is 16.2. The van der Waals surface area contributed by atoms with Gasteiger partial charge in [0, 0.05) is 38.6 Å². The van der Waals surface area contributed by atoms with Crippen molar-refractivity contribution >= 4 is 5.91 Å². The SMILES string of the molecule is CC(C)C[C@H](CN)CC(=O)N1CCN(C2CC2)CC1. The van der Waals surface area contributed by atoms with E-state index in [9.17, 15) is 4.79 Å². The normalized spacial score (nSPS) is 22.8. The van der Waals surface area contributed by atoms with Crippen molar-refractivity contribution in [1.29, 1.82) is 0 Å². The summed E-state index contributed by atoms with van der Waals surface area (Å²) in [5.41, 5.74) is 5.79. The first-order valence-corrected chi connectivity index (χ1v) is 7.82. The highest BCUT2D eigenvalue weighted by Crippen LogP contribution is 2.27. The third-order valence-corrected chi connectivity index (χ3v) is 4.33. The molecular formula is C15H29N3O. The van der Waals surface area contributed by atoms with E-state index in [1.54, 1.807) is 0 Å². The molecule has 1 aliphatic carbocycles. The average molecular weight is 267 g/mol. The summed E-state index contributed by atoms with van der Waals surface area (Å²) in [6, 6.07) is 0.829. The summed E-state index contributed by atoms with van der Waals surface area (Å²) in [7, 11) is 0. The van der Waals surface area contributed by atoms with Crippen LogP contribution in [0.5, 0.6) is 0 Å². The Hall–Kier alpha value is -0.610. The van der Waals surface area contributed by atoms with Gasteiger partial charge in [-0.25, -0.2) is 0 Å². The minimum absolute atomic E-state index is 0.312. The van der Waals surface area contributed by atoms with Crippen LogP contribution in [0.1, 0.15) is 39.5 Å². The summed E-state index contributed by atoms with van der Waals surface area (Å²) in [4.78, 5) is 16.9. The van der Waals surface area contributed by atoms with Gasteiger partial charge in [-0.3, -0.25) is 9.69 Å². The van der Waals surface area contributed by atoms with Crippen LogP contribution in [0.25, 0.3) is 0 Å². The van der Waals surface area contributed by atoms with Gasteiger partial charge in [-0.2, -0.15) is 0 Å². The molecule has 0 radical (unpaired) electrons. The number of rotatable bonds is 6. The van der Waals surface area contributed by atoms with Crippen molar-refractivity contribution < 1.29 is 4.79 Å². The van der Waals surface area contributed by atoms with Crippen molar-refractivity contribution in [2.45, 2.75) is 45.6 Å². The lowest BCUT2D eigenvalue weighted by Gasteiger charge is -2.35. The van der Waals surface area contributed by atoms with Crippen LogP contribution in [0.3, 0.4) is 0 Å². The first-order valence-electron chi connectivity index (χ1n) is 7.82. The molecule has 0 unspecified atom stereocenters. The fraction of sp³-hybridized carbons (Fsp3) is 0.933. The largest absolute Gasteiger partial charge is 0.340 e. The Labute approximate surface area is 117 Å². The Kier molecular flexibility index (Phi) is 5.22. The molecule has 4 heteroatoms. The number of nitrogens with zero attached hydrogens (tertiary/aromatic N) is 2. The predicted molar refractivity (Wildman–Crippen MR) is 77.8 cm³/mol. The van der Waals surface area contributed by atoms with Crippen LogP contribution >= 0.6 is 0 Å². The molecule has 2 aliphatic rings. The van der Waals surface area contributed by atoms with E-state index in [1.807, 2.05) is 4.90 Å². The lowest BCUT2D eigenvalue weighted by atomic mass is 9.93. The second-order valence-corrected chi connectivity index (χ2v) is 6.58. The summed E-state index contributed by atoms with van der Waals surface area (Å²) in [6.07, 6.45) is 4.41. The van der Waals surface area contributed by atoms with E-state index in [0.29, 0.717) is 30.7 Å².